The highest BCUT2D eigenvalue weighted by atomic mass is 35.5. The molecule has 2 rings (SSSR count). The molecule has 0 amide bonds. The van der Waals surface area contributed by atoms with Crippen LogP contribution in [0, 0.1) is 0 Å². The molecule has 1 aromatic carbocycles. The first-order valence-corrected chi connectivity index (χ1v) is 4.85. The Balaban J connectivity index is 2.46. The third-order valence-electron chi connectivity index (χ3n) is 2.17. The molecule has 15 heavy (non-hydrogen) atoms. The molecule has 0 atom stereocenters. The van der Waals surface area contributed by atoms with Crippen LogP contribution in [0.25, 0.3) is 0 Å². The Labute approximate surface area is 92.3 Å². The van der Waals surface area contributed by atoms with Crippen LogP contribution >= 0.6 is 11.6 Å². The van der Waals surface area contributed by atoms with Gasteiger partial charge in [0.25, 0.3) is 0 Å². The van der Waals surface area contributed by atoms with Gasteiger partial charge in [-0.15, -0.1) is 0 Å². The number of hydrogen-bond donors (Lipinski definition) is 0. The number of aromatic nitrogens is 2. The number of aryl methyl sites for hydroxylation is 1. The van der Waals surface area contributed by atoms with E-state index in [0.29, 0.717) is 16.3 Å². The normalized spacial score (nSPS) is 10.3. The highest BCUT2D eigenvalue weighted by molar-refractivity contribution is 6.34. The predicted molar refractivity (Wildman–Crippen MR) is 58.1 cm³/mol. The van der Waals surface area contributed by atoms with E-state index in [4.69, 9.17) is 11.6 Å². The van der Waals surface area contributed by atoms with E-state index in [1.165, 1.54) is 4.68 Å². The Hall–Kier alpha value is -1.61. The van der Waals surface area contributed by atoms with Crippen molar-refractivity contribution < 1.29 is 4.79 Å². The van der Waals surface area contributed by atoms with E-state index in [9.17, 15) is 4.79 Å². The Morgan fingerprint density at radius 2 is 2.07 bits per heavy atom. The molecule has 2 aromatic rings. The second kappa shape index (κ2) is 3.87. The number of carbonyl (C=O) groups excluding carboxylic acids is 1. The first-order valence-electron chi connectivity index (χ1n) is 4.47. The molecule has 0 saturated heterocycles. The maximum absolute atomic E-state index is 12.0. The highest BCUT2D eigenvalue weighted by Gasteiger charge is 2.14. The fourth-order valence-corrected chi connectivity index (χ4v) is 1.60. The van der Waals surface area contributed by atoms with Crippen LogP contribution < -0.4 is 0 Å². The van der Waals surface area contributed by atoms with Crippen molar-refractivity contribution in [2.24, 2.45) is 7.05 Å². The Morgan fingerprint density at radius 3 is 2.67 bits per heavy atom. The topological polar surface area (TPSA) is 34.9 Å². The first-order chi connectivity index (χ1) is 7.20. The van der Waals surface area contributed by atoms with E-state index in [1.807, 2.05) is 0 Å². The van der Waals surface area contributed by atoms with Crippen LogP contribution in [0.4, 0.5) is 0 Å². The van der Waals surface area contributed by atoms with Crippen molar-refractivity contribution in [1.82, 2.24) is 9.78 Å². The lowest BCUT2D eigenvalue weighted by molar-refractivity contribution is 0.103. The van der Waals surface area contributed by atoms with Crippen molar-refractivity contribution in [3.05, 3.63) is 52.8 Å². The third kappa shape index (κ3) is 1.78. The number of benzene rings is 1. The van der Waals surface area contributed by atoms with Crippen LogP contribution in [-0.4, -0.2) is 15.6 Å². The zero-order valence-electron chi connectivity index (χ0n) is 8.14. The summed E-state index contributed by atoms with van der Waals surface area (Å²) in [5.74, 6) is -0.111. The maximum Gasteiger partial charge on any atom is 0.212 e. The fraction of sp³-hybridized carbons (Fsp3) is 0.0909. The lowest BCUT2D eigenvalue weighted by atomic mass is 10.1. The Bertz CT molecular complexity index is 505. The third-order valence-corrected chi connectivity index (χ3v) is 2.50. The molecule has 0 radical (unpaired) electrons. The van der Waals surface area contributed by atoms with E-state index in [1.54, 1.807) is 43.6 Å². The summed E-state index contributed by atoms with van der Waals surface area (Å²) in [5.41, 5.74) is 1.03. The molecule has 0 N–H and O–H groups in total. The zero-order valence-corrected chi connectivity index (χ0v) is 8.90. The number of ketones is 1. The van der Waals surface area contributed by atoms with E-state index < -0.39 is 0 Å². The van der Waals surface area contributed by atoms with Gasteiger partial charge in [0.2, 0.25) is 5.78 Å². The van der Waals surface area contributed by atoms with Gasteiger partial charge in [0.1, 0.15) is 5.69 Å². The molecule has 0 saturated carbocycles. The van der Waals surface area contributed by atoms with Gasteiger partial charge >= 0.3 is 0 Å². The molecule has 0 aliphatic carbocycles. The largest absolute Gasteiger partial charge is 0.287 e. The number of hydrogen-bond acceptors (Lipinski definition) is 2. The average molecular weight is 221 g/mol. The average Bonchev–Trinajstić information content (AvgIpc) is 2.64. The molecule has 1 aromatic heterocycles. The molecule has 4 heteroatoms. The van der Waals surface area contributed by atoms with E-state index in [0.717, 1.165) is 0 Å². The molecule has 0 fully saturated rings. The van der Waals surface area contributed by atoms with Gasteiger partial charge in [0.15, 0.2) is 0 Å². The molecule has 0 unspecified atom stereocenters. The van der Waals surface area contributed by atoms with Crippen molar-refractivity contribution >= 4 is 17.4 Å². The minimum Gasteiger partial charge on any atom is -0.287 e. The van der Waals surface area contributed by atoms with Crippen LogP contribution in [-0.2, 0) is 7.05 Å². The summed E-state index contributed by atoms with van der Waals surface area (Å²) in [6.45, 7) is 0. The monoisotopic (exact) mass is 220 g/mol. The second-order valence-corrected chi connectivity index (χ2v) is 3.56. The lowest BCUT2D eigenvalue weighted by Crippen LogP contribution is -2.08. The SMILES string of the molecule is Cn1nccc1C(=O)c1ccccc1Cl. The van der Waals surface area contributed by atoms with Gasteiger partial charge < -0.3 is 0 Å². The minimum atomic E-state index is -0.111. The number of rotatable bonds is 2. The number of halogens is 1. The Kier molecular flexibility index (Phi) is 2.56. The molecule has 1 heterocycles. The summed E-state index contributed by atoms with van der Waals surface area (Å²) < 4.78 is 1.53. The first kappa shape index (κ1) is 9.93. The fourth-order valence-electron chi connectivity index (χ4n) is 1.38. The number of carbonyl (C=O) groups is 1. The Morgan fingerprint density at radius 1 is 1.33 bits per heavy atom. The van der Waals surface area contributed by atoms with Gasteiger partial charge in [-0.25, -0.2) is 0 Å². The molecule has 76 valence electrons. The molecule has 0 spiro atoms. The smallest absolute Gasteiger partial charge is 0.212 e. The van der Waals surface area contributed by atoms with E-state index >= 15 is 0 Å². The van der Waals surface area contributed by atoms with Crippen LogP contribution in [0.3, 0.4) is 0 Å². The van der Waals surface area contributed by atoms with Gasteiger partial charge in [0.05, 0.1) is 5.02 Å². The molecular weight excluding hydrogens is 212 g/mol. The van der Waals surface area contributed by atoms with Crippen molar-refractivity contribution in [3.8, 4) is 0 Å². The summed E-state index contributed by atoms with van der Waals surface area (Å²) >= 11 is 5.94. The summed E-state index contributed by atoms with van der Waals surface area (Å²) in [7, 11) is 1.73. The van der Waals surface area contributed by atoms with Crippen molar-refractivity contribution in [1.29, 1.82) is 0 Å². The van der Waals surface area contributed by atoms with Crippen LogP contribution in [0.2, 0.25) is 5.02 Å². The summed E-state index contributed by atoms with van der Waals surface area (Å²) in [6, 6.07) is 8.66. The van der Waals surface area contributed by atoms with Crippen molar-refractivity contribution in [2.45, 2.75) is 0 Å². The summed E-state index contributed by atoms with van der Waals surface area (Å²) in [5, 5.41) is 4.41. The van der Waals surface area contributed by atoms with Gasteiger partial charge in [-0.2, -0.15) is 5.10 Å². The van der Waals surface area contributed by atoms with E-state index in [2.05, 4.69) is 5.10 Å². The van der Waals surface area contributed by atoms with Crippen molar-refractivity contribution in [3.63, 3.8) is 0 Å². The predicted octanol–water partition coefficient (Wildman–Crippen LogP) is 2.30. The molecular formula is C11H9ClN2O. The van der Waals surface area contributed by atoms with Crippen LogP contribution in [0.5, 0.6) is 0 Å². The highest BCUT2D eigenvalue weighted by Crippen LogP contribution is 2.18. The number of nitrogens with zero attached hydrogens (tertiary/aromatic N) is 2. The van der Waals surface area contributed by atoms with Gasteiger partial charge in [-0.05, 0) is 18.2 Å². The lowest BCUT2D eigenvalue weighted by Gasteiger charge is -2.02. The van der Waals surface area contributed by atoms with Gasteiger partial charge in [-0.1, -0.05) is 23.7 Å². The minimum absolute atomic E-state index is 0.111. The van der Waals surface area contributed by atoms with Crippen LogP contribution in [0.15, 0.2) is 36.5 Å². The van der Waals surface area contributed by atoms with Crippen LogP contribution in [0.1, 0.15) is 16.1 Å². The maximum atomic E-state index is 12.0. The van der Waals surface area contributed by atoms with Gasteiger partial charge in [-0.3, -0.25) is 9.48 Å². The standard InChI is InChI=1S/C11H9ClN2O/c1-14-10(6-7-13-14)11(15)8-4-2-3-5-9(8)12/h2-7H,1H3. The summed E-state index contributed by atoms with van der Waals surface area (Å²) in [4.78, 5) is 12.0. The summed E-state index contributed by atoms with van der Waals surface area (Å²) in [6.07, 6.45) is 1.59. The molecule has 0 bridgehead atoms. The molecule has 0 aliphatic heterocycles. The molecule has 3 nitrogen and oxygen atoms in total. The second-order valence-electron chi connectivity index (χ2n) is 3.15. The zero-order chi connectivity index (χ0) is 10.8. The van der Waals surface area contributed by atoms with Gasteiger partial charge in [0, 0.05) is 18.8 Å². The van der Waals surface area contributed by atoms with Crippen molar-refractivity contribution in [2.75, 3.05) is 0 Å². The quantitative estimate of drug-likeness (QED) is 0.728. The van der Waals surface area contributed by atoms with E-state index in [-0.39, 0.29) is 5.78 Å². The molecule has 0 aliphatic rings.